The van der Waals surface area contributed by atoms with Crippen molar-refractivity contribution in [1.82, 2.24) is 15.0 Å². The van der Waals surface area contributed by atoms with Crippen LogP contribution in [0.4, 0.5) is 0 Å². The number of rotatable bonds is 5. The van der Waals surface area contributed by atoms with Gasteiger partial charge in [-0.1, -0.05) is 0 Å². The van der Waals surface area contributed by atoms with Gasteiger partial charge in [-0.15, -0.1) is 0 Å². The van der Waals surface area contributed by atoms with Gasteiger partial charge in [-0.25, -0.2) is 0 Å². The normalized spacial score (nSPS) is 14.1. The van der Waals surface area contributed by atoms with Gasteiger partial charge in [0.1, 0.15) is 0 Å². The molecule has 0 radical (unpaired) electrons. The van der Waals surface area contributed by atoms with Crippen molar-refractivity contribution in [2.75, 3.05) is 0 Å². The number of nitrogens with zero attached hydrogens (tertiary/aromatic N) is 2. The van der Waals surface area contributed by atoms with Crippen LogP contribution < -0.4 is 15.9 Å². The number of fused-ring (bicyclic) bond motifs is 1. The fourth-order valence-electron chi connectivity index (χ4n) is 4.57. The van der Waals surface area contributed by atoms with Crippen molar-refractivity contribution in [1.29, 1.82) is 0 Å². The molecule has 0 saturated carbocycles. The third-order valence-corrected chi connectivity index (χ3v) is 14.4. The Morgan fingerprint density at radius 2 is 1.19 bits per heavy atom. The Hall–Kier alpha value is -3.00. The first-order chi connectivity index (χ1) is 15.1. The Bertz CT molecular complexity index is 1190. The molecule has 5 rings (SSSR count). The molecule has 2 aromatic heterocycles. The molecule has 0 bridgehead atoms. The second kappa shape index (κ2) is 7.60. The predicted molar refractivity (Wildman–Crippen MR) is 133 cm³/mol. The number of aromatic amines is 1. The number of nitrogens with one attached hydrogen (secondary N) is 1. The summed E-state index contributed by atoms with van der Waals surface area (Å²) < 4.78 is 0. The van der Waals surface area contributed by atoms with E-state index in [2.05, 4.69) is 89.7 Å². The van der Waals surface area contributed by atoms with E-state index in [1.165, 1.54) is 0 Å². The molecule has 0 fully saturated rings. The number of H-pyrrole nitrogens is 1. The van der Waals surface area contributed by atoms with E-state index < -0.39 is 5.96 Å². The van der Waals surface area contributed by atoms with Gasteiger partial charge in [0.05, 0.1) is 0 Å². The molecular formula is C26H23ClN3P. The number of halogens is 1. The van der Waals surface area contributed by atoms with Crippen LogP contribution in [0.1, 0.15) is 18.4 Å². The topological polar surface area (TPSA) is 41.6 Å². The second-order valence-corrected chi connectivity index (χ2v) is 14.3. The molecule has 3 nitrogen and oxygen atoms in total. The summed E-state index contributed by atoms with van der Waals surface area (Å²) in [5.74, 6) is -2.66. The molecule has 0 amide bonds. The molecule has 0 saturated heterocycles. The molecule has 0 aliphatic rings. The predicted octanol–water partition coefficient (Wildman–Crippen LogP) is 5.70. The number of hydrogen-bond donors (Lipinski definition) is 1. The summed E-state index contributed by atoms with van der Waals surface area (Å²) in [5.41, 5.74) is 1.51. The van der Waals surface area contributed by atoms with Crippen molar-refractivity contribution < 1.29 is 0 Å². The van der Waals surface area contributed by atoms with Crippen LogP contribution in [-0.2, 0) is 0 Å². The van der Waals surface area contributed by atoms with Crippen molar-refractivity contribution in [2.24, 2.45) is 0 Å². The summed E-state index contributed by atoms with van der Waals surface area (Å²) in [4.78, 5) is 12.8. The maximum atomic E-state index is 8.24. The number of imidazole rings is 1. The molecule has 31 heavy (non-hydrogen) atoms. The van der Waals surface area contributed by atoms with Gasteiger partial charge in [0, 0.05) is 0 Å². The van der Waals surface area contributed by atoms with Crippen molar-refractivity contribution in [3.05, 3.63) is 115 Å². The van der Waals surface area contributed by atoms with E-state index in [4.69, 9.17) is 16.2 Å². The molecule has 2 heterocycles. The van der Waals surface area contributed by atoms with Crippen LogP contribution in [0, 0.1) is 0 Å². The molecular weight excluding hydrogens is 421 g/mol. The van der Waals surface area contributed by atoms with Crippen LogP contribution in [0.25, 0.3) is 11.2 Å². The van der Waals surface area contributed by atoms with Crippen LogP contribution in [0.2, 0.25) is 0 Å². The SMILES string of the molecule is CC(c1nc2ncccc2[nH]1)P(Cl)(c1ccccc1)(c1ccccc1)c1ccccc1. The van der Waals surface area contributed by atoms with Gasteiger partial charge >= 0.3 is 187 Å². The van der Waals surface area contributed by atoms with Gasteiger partial charge in [-0.2, -0.15) is 0 Å². The molecule has 5 aromatic rings. The average Bonchev–Trinajstić information content (AvgIpc) is 3.29. The van der Waals surface area contributed by atoms with E-state index in [0.717, 1.165) is 27.3 Å². The molecule has 154 valence electrons. The molecule has 0 spiro atoms. The minimum absolute atomic E-state index is 0.117. The molecule has 0 aliphatic carbocycles. The fraction of sp³-hybridized carbons (Fsp3) is 0.0769. The van der Waals surface area contributed by atoms with Crippen LogP contribution in [0.15, 0.2) is 109 Å². The van der Waals surface area contributed by atoms with Crippen molar-refractivity contribution >= 4 is 44.3 Å². The van der Waals surface area contributed by atoms with Gasteiger partial charge in [-0.05, 0) is 0 Å². The van der Waals surface area contributed by atoms with E-state index in [9.17, 15) is 0 Å². The van der Waals surface area contributed by atoms with Crippen LogP contribution in [0.5, 0.6) is 0 Å². The first kappa shape index (κ1) is 19.9. The van der Waals surface area contributed by atoms with E-state index in [1.54, 1.807) is 6.20 Å². The third kappa shape index (κ3) is 2.92. The van der Waals surface area contributed by atoms with E-state index >= 15 is 0 Å². The molecule has 1 atom stereocenters. The standard InChI is InChI=1S/C26H23ClN3P/c1-20(25-29-24-18-11-19-28-26(24)30-25)31(27,21-12-5-2-6-13-21,22-14-7-3-8-15-22)23-16-9-4-10-17-23/h2-20H,1H3,(H,28,29,30). The number of benzene rings is 3. The molecule has 1 unspecified atom stereocenters. The quantitative estimate of drug-likeness (QED) is 0.354. The van der Waals surface area contributed by atoms with Gasteiger partial charge in [0.2, 0.25) is 0 Å². The monoisotopic (exact) mass is 443 g/mol. The Balaban J connectivity index is 1.90. The number of pyridine rings is 1. The van der Waals surface area contributed by atoms with E-state index in [-0.39, 0.29) is 5.66 Å². The zero-order valence-corrected chi connectivity index (χ0v) is 18.8. The minimum atomic E-state index is -3.50. The van der Waals surface area contributed by atoms with Gasteiger partial charge in [-0.3, -0.25) is 0 Å². The number of hydrogen-bond acceptors (Lipinski definition) is 2. The van der Waals surface area contributed by atoms with Crippen LogP contribution in [0.3, 0.4) is 0 Å². The second-order valence-electron chi connectivity index (χ2n) is 7.75. The maximum absolute atomic E-state index is 8.24. The fourth-order valence-corrected chi connectivity index (χ4v) is 10.9. The summed E-state index contributed by atoms with van der Waals surface area (Å²) in [6.45, 7) is 2.19. The first-order valence-corrected chi connectivity index (χ1v) is 13.5. The Morgan fingerprint density at radius 1 is 0.710 bits per heavy atom. The Kier molecular flexibility index (Phi) is 4.89. The molecule has 1 N–H and O–H groups in total. The third-order valence-electron chi connectivity index (χ3n) is 6.18. The first-order valence-electron chi connectivity index (χ1n) is 10.3. The zero-order valence-electron chi connectivity index (χ0n) is 17.2. The van der Waals surface area contributed by atoms with Crippen molar-refractivity contribution in [2.45, 2.75) is 12.6 Å². The van der Waals surface area contributed by atoms with Crippen LogP contribution in [-0.4, -0.2) is 15.0 Å². The van der Waals surface area contributed by atoms with Crippen molar-refractivity contribution in [3.8, 4) is 0 Å². The van der Waals surface area contributed by atoms with Gasteiger partial charge in [0.15, 0.2) is 0 Å². The molecule has 3 aromatic carbocycles. The molecule has 5 heteroatoms. The van der Waals surface area contributed by atoms with Crippen LogP contribution >= 0.6 is 17.2 Å². The van der Waals surface area contributed by atoms with Gasteiger partial charge in [0.25, 0.3) is 0 Å². The summed E-state index contributed by atoms with van der Waals surface area (Å²) in [6.07, 6.45) is 1.77. The average molecular weight is 444 g/mol. The zero-order chi connectivity index (χ0) is 21.3. The van der Waals surface area contributed by atoms with Crippen molar-refractivity contribution in [3.63, 3.8) is 0 Å². The Morgan fingerprint density at radius 3 is 1.65 bits per heavy atom. The van der Waals surface area contributed by atoms with Gasteiger partial charge < -0.3 is 0 Å². The summed E-state index contributed by atoms with van der Waals surface area (Å²) in [5, 5.41) is 3.36. The summed E-state index contributed by atoms with van der Waals surface area (Å²) >= 11 is 8.24. The van der Waals surface area contributed by atoms with E-state index in [0.29, 0.717) is 5.65 Å². The number of aromatic nitrogens is 3. The van der Waals surface area contributed by atoms with E-state index in [1.807, 2.05) is 30.3 Å². The summed E-state index contributed by atoms with van der Waals surface area (Å²) in [6, 6.07) is 35.4. The molecule has 0 aliphatic heterocycles. The summed E-state index contributed by atoms with van der Waals surface area (Å²) in [7, 11) is 0. The Labute approximate surface area is 186 Å².